The van der Waals surface area contributed by atoms with Crippen LogP contribution in [0.15, 0.2) is 36.4 Å². The Balaban J connectivity index is 1.87. The molecule has 0 spiro atoms. The van der Waals surface area contributed by atoms with Crippen LogP contribution in [0.3, 0.4) is 0 Å². The van der Waals surface area contributed by atoms with E-state index in [1.807, 2.05) is 42.6 Å². The van der Waals surface area contributed by atoms with Crippen molar-refractivity contribution in [3.05, 3.63) is 42.2 Å². The van der Waals surface area contributed by atoms with E-state index >= 15 is 0 Å². The SMILES string of the molecule is CC(C)[C@H](NC(=O)C1=COCCO1)c1nnc2ccccn12. The second kappa shape index (κ2) is 6.05. The van der Waals surface area contributed by atoms with Crippen LogP contribution in [0.1, 0.15) is 25.7 Å². The minimum Gasteiger partial charge on any atom is -0.494 e. The third-order valence-electron chi connectivity index (χ3n) is 3.44. The summed E-state index contributed by atoms with van der Waals surface area (Å²) in [6.07, 6.45) is 3.23. The molecule has 1 aliphatic heterocycles. The monoisotopic (exact) mass is 302 g/mol. The van der Waals surface area contributed by atoms with Crippen LogP contribution >= 0.6 is 0 Å². The van der Waals surface area contributed by atoms with Crippen molar-refractivity contribution in [1.82, 2.24) is 19.9 Å². The zero-order chi connectivity index (χ0) is 15.5. The van der Waals surface area contributed by atoms with Gasteiger partial charge >= 0.3 is 0 Å². The van der Waals surface area contributed by atoms with Crippen molar-refractivity contribution in [3.8, 4) is 0 Å². The Morgan fingerprint density at radius 3 is 2.91 bits per heavy atom. The summed E-state index contributed by atoms with van der Waals surface area (Å²) in [6.45, 7) is 4.86. The van der Waals surface area contributed by atoms with Gasteiger partial charge in [-0.1, -0.05) is 19.9 Å². The van der Waals surface area contributed by atoms with E-state index in [9.17, 15) is 4.79 Å². The molecule has 0 unspecified atom stereocenters. The third kappa shape index (κ3) is 2.74. The molecule has 0 fully saturated rings. The van der Waals surface area contributed by atoms with E-state index in [0.29, 0.717) is 19.0 Å². The summed E-state index contributed by atoms with van der Waals surface area (Å²) in [4.78, 5) is 12.3. The Kier molecular flexibility index (Phi) is 3.95. The van der Waals surface area contributed by atoms with Gasteiger partial charge in [-0.05, 0) is 18.1 Å². The van der Waals surface area contributed by atoms with Crippen LogP contribution in [-0.2, 0) is 14.3 Å². The molecule has 3 rings (SSSR count). The molecule has 22 heavy (non-hydrogen) atoms. The van der Waals surface area contributed by atoms with Gasteiger partial charge < -0.3 is 14.8 Å². The fraction of sp³-hybridized carbons (Fsp3) is 0.400. The lowest BCUT2D eigenvalue weighted by Crippen LogP contribution is -2.35. The number of rotatable bonds is 4. The predicted molar refractivity (Wildman–Crippen MR) is 78.7 cm³/mol. The van der Waals surface area contributed by atoms with Gasteiger partial charge in [-0.2, -0.15) is 0 Å². The molecule has 0 radical (unpaired) electrons. The number of hydrogen-bond donors (Lipinski definition) is 1. The molecule has 116 valence electrons. The van der Waals surface area contributed by atoms with Crippen LogP contribution in [0.4, 0.5) is 0 Å². The van der Waals surface area contributed by atoms with Gasteiger partial charge in [-0.25, -0.2) is 0 Å². The van der Waals surface area contributed by atoms with Crippen LogP contribution in [0.5, 0.6) is 0 Å². The number of nitrogens with zero attached hydrogens (tertiary/aromatic N) is 3. The van der Waals surface area contributed by atoms with E-state index in [4.69, 9.17) is 9.47 Å². The van der Waals surface area contributed by atoms with Crippen molar-refractivity contribution in [2.75, 3.05) is 13.2 Å². The van der Waals surface area contributed by atoms with Crippen LogP contribution < -0.4 is 5.32 Å². The van der Waals surface area contributed by atoms with E-state index in [2.05, 4.69) is 15.5 Å². The summed E-state index contributed by atoms with van der Waals surface area (Å²) in [6, 6.07) is 5.39. The normalized spacial score (nSPS) is 15.9. The van der Waals surface area contributed by atoms with Gasteiger partial charge in [0.05, 0.1) is 6.04 Å². The molecule has 0 saturated carbocycles. The lowest BCUT2D eigenvalue weighted by atomic mass is 10.0. The van der Waals surface area contributed by atoms with Crippen molar-refractivity contribution >= 4 is 11.6 Å². The van der Waals surface area contributed by atoms with Crippen molar-refractivity contribution in [3.63, 3.8) is 0 Å². The molecule has 1 amide bonds. The highest BCUT2D eigenvalue weighted by Crippen LogP contribution is 2.21. The molecular weight excluding hydrogens is 284 g/mol. The zero-order valence-electron chi connectivity index (χ0n) is 12.5. The van der Waals surface area contributed by atoms with Crippen molar-refractivity contribution in [2.24, 2.45) is 5.92 Å². The second-order valence-corrected chi connectivity index (χ2v) is 5.38. The van der Waals surface area contributed by atoms with E-state index in [0.717, 1.165) is 5.65 Å². The predicted octanol–water partition coefficient (Wildman–Crippen LogP) is 1.43. The number of amides is 1. The van der Waals surface area contributed by atoms with Crippen molar-refractivity contribution in [2.45, 2.75) is 19.9 Å². The zero-order valence-corrected chi connectivity index (χ0v) is 12.5. The average Bonchev–Trinajstić information content (AvgIpc) is 2.96. The Morgan fingerprint density at radius 2 is 2.18 bits per heavy atom. The molecule has 2 aromatic heterocycles. The molecule has 1 aliphatic rings. The van der Waals surface area contributed by atoms with Crippen LogP contribution in [-0.4, -0.2) is 33.7 Å². The number of hydrogen-bond acceptors (Lipinski definition) is 5. The fourth-order valence-corrected chi connectivity index (χ4v) is 2.30. The minimum atomic E-state index is -0.314. The standard InChI is InChI=1S/C15H18N4O3/c1-10(2)13(16-15(20)11-9-21-7-8-22-11)14-18-17-12-5-3-4-6-19(12)14/h3-6,9-10,13H,7-8H2,1-2H3,(H,16,20)/t13-/m0/s1. The largest absolute Gasteiger partial charge is 0.494 e. The molecule has 0 saturated heterocycles. The van der Waals surface area contributed by atoms with Gasteiger partial charge in [0.1, 0.15) is 19.5 Å². The maximum Gasteiger partial charge on any atom is 0.290 e. The van der Waals surface area contributed by atoms with Crippen LogP contribution in [0, 0.1) is 5.92 Å². The molecule has 0 aliphatic carbocycles. The first kappa shape index (κ1) is 14.4. The Hall–Kier alpha value is -2.57. The van der Waals surface area contributed by atoms with Gasteiger partial charge in [0.15, 0.2) is 11.5 Å². The number of pyridine rings is 1. The first-order chi connectivity index (χ1) is 10.7. The molecule has 2 aromatic rings. The number of ether oxygens (including phenoxy) is 2. The smallest absolute Gasteiger partial charge is 0.290 e. The van der Waals surface area contributed by atoms with Gasteiger partial charge in [0.2, 0.25) is 5.76 Å². The molecule has 0 aromatic carbocycles. The van der Waals surface area contributed by atoms with Crippen molar-refractivity contribution in [1.29, 1.82) is 0 Å². The number of carbonyl (C=O) groups is 1. The quantitative estimate of drug-likeness (QED) is 0.924. The van der Waals surface area contributed by atoms with E-state index in [1.165, 1.54) is 6.26 Å². The number of fused-ring (bicyclic) bond motifs is 1. The first-order valence-corrected chi connectivity index (χ1v) is 7.22. The summed E-state index contributed by atoms with van der Waals surface area (Å²) >= 11 is 0. The summed E-state index contributed by atoms with van der Waals surface area (Å²) in [5.41, 5.74) is 0.744. The Labute approximate surface area is 127 Å². The van der Waals surface area contributed by atoms with E-state index in [1.54, 1.807) is 0 Å². The first-order valence-electron chi connectivity index (χ1n) is 7.22. The lowest BCUT2D eigenvalue weighted by Gasteiger charge is -2.22. The van der Waals surface area contributed by atoms with Crippen molar-refractivity contribution < 1.29 is 14.3 Å². The maximum atomic E-state index is 12.3. The van der Waals surface area contributed by atoms with Crippen LogP contribution in [0.2, 0.25) is 0 Å². The highest BCUT2D eigenvalue weighted by atomic mass is 16.6. The molecule has 7 heteroatoms. The molecule has 7 nitrogen and oxygen atoms in total. The van der Waals surface area contributed by atoms with Gasteiger partial charge in [-0.15, -0.1) is 10.2 Å². The third-order valence-corrected chi connectivity index (χ3v) is 3.44. The number of nitrogens with one attached hydrogen (secondary N) is 1. The topological polar surface area (TPSA) is 77.8 Å². The minimum absolute atomic E-state index is 0.140. The summed E-state index contributed by atoms with van der Waals surface area (Å²) in [5, 5.41) is 11.3. The van der Waals surface area contributed by atoms with E-state index in [-0.39, 0.29) is 23.6 Å². The average molecular weight is 302 g/mol. The van der Waals surface area contributed by atoms with E-state index < -0.39 is 0 Å². The highest BCUT2D eigenvalue weighted by molar-refractivity contribution is 5.91. The van der Waals surface area contributed by atoms with Crippen LogP contribution in [0.25, 0.3) is 5.65 Å². The fourth-order valence-electron chi connectivity index (χ4n) is 2.30. The molecular formula is C15H18N4O3. The maximum absolute atomic E-state index is 12.3. The molecule has 0 bridgehead atoms. The van der Waals surface area contributed by atoms with Gasteiger partial charge in [0.25, 0.3) is 5.91 Å². The summed E-state index contributed by atoms with van der Waals surface area (Å²) in [7, 11) is 0. The number of carbonyl (C=O) groups excluding carboxylic acids is 1. The Morgan fingerprint density at radius 1 is 1.32 bits per heavy atom. The van der Waals surface area contributed by atoms with Gasteiger partial charge in [-0.3, -0.25) is 9.20 Å². The summed E-state index contributed by atoms with van der Waals surface area (Å²) in [5.74, 6) is 0.703. The molecule has 3 heterocycles. The number of aromatic nitrogens is 3. The molecule has 1 atom stereocenters. The summed E-state index contributed by atoms with van der Waals surface area (Å²) < 4.78 is 12.3. The molecule has 1 N–H and O–H groups in total. The Bertz CT molecular complexity index is 708. The lowest BCUT2D eigenvalue weighted by molar-refractivity contribution is -0.123. The second-order valence-electron chi connectivity index (χ2n) is 5.38. The van der Waals surface area contributed by atoms with Gasteiger partial charge in [0, 0.05) is 6.20 Å². The highest BCUT2D eigenvalue weighted by Gasteiger charge is 2.26.